The third-order valence-electron chi connectivity index (χ3n) is 4.79. The quantitative estimate of drug-likeness (QED) is 0.448. The number of unbranched alkanes of at least 4 members (excludes halogenated alkanes) is 1. The lowest BCUT2D eigenvalue weighted by atomic mass is 10.0. The van der Waals surface area contributed by atoms with Gasteiger partial charge in [-0.3, -0.25) is 9.59 Å². The molecule has 0 unspecified atom stereocenters. The molecule has 29 heavy (non-hydrogen) atoms. The summed E-state index contributed by atoms with van der Waals surface area (Å²) in [4.78, 5) is 23.8. The predicted molar refractivity (Wildman–Crippen MR) is 113 cm³/mol. The van der Waals surface area contributed by atoms with E-state index in [0.29, 0.717) is 30.0 Å². The van der Waals surface area contributed by atoms with E-state index in [1.165, 1.54) is 5.56 Å². The average Bonchev–Trinajstić information content (AvgIpc) is 2.73. The van der Waals surface area contributed by atoms with Crippen molar-refractivity contribution in [1.82, 2.24) is 5.32 Å². The van der Waals surface area contributed by atoms with Crippen molar-refractivity contribution in [2.24, 2.45) is 0 Å². The van der Waals surface area contributed by atoms with Crippen LogP contribution in [0.4, 0.5) is 5.69 Å². The van der Waals surface area contributed by atoms with Gasteiger partial charge in [0.2, 0.25) is 0 Å². The molecule has 0 aromatic heterocycles. The highest BCUT2D eigenvalue weighted by molar-refractivity contribution is 6.00. The molecule has 0 spiro atoms. The number of para-hydroxylation sites is 1. The summed E-state index contributed by atoms with van der Waals surface area (Å²) < 4.78 is 11.0. The van der Waals surface area contributed by atoms with Gasteiger partial charge >= 0.3 is 0 Å². The number of Topliss-reactive ketones (excluding diaryl/α,β-unsaturated/α-hetero) is 1. The zero-order valence-electron chi connectivity index (χ0n) is 16.8. The number of hydrogen-bond donors (Lipinski definition) is 2. The zero-order chi connectivity index (χ0) is 20.5. The lowest BCUT2D eigenvalue weighted by molar-refractivity contribution is -0.118. The number of ketones is 1. The molecule has 6 heteroatoms. The molecule has 6 nitrogen and oxygen atoms in total. The summed E-state index contributed by atoms with van der Waals surface area (Å²) >= 11 is 0. The lowest BCUT2D eigenvalue weighted by Gasteiger charge is -2.18. The van der Waals surface area contributed by atoms with Crippen LogP contribution < -0.4 is 20.1 Å². The minimum atomic E-state index is -0.197. The van der Waals surface area contributed by atoms with Crippen molar-refractivity contribution in [2.75, 3.05) is 31.6 Å². The van der Waals surface area contributed by atoms with Gasteiger partial charge in [-0.05, 0) is 69.1 Å². The molecule has 3 rings (SSSR count). The summed E-state index contributed by atoms with van der Waals surface area (Å²) in [5.74, 6) is 1.45. The molecule has 2 aromatic rings. The number of nitrogens with one attached hydrogen (secondary N) is 2. The monoisotopic (exact) mass is 396 g/mol. The van der Waals surface area contributed by atoms with Crippen LogP contribution in [0.25, 0.3) is 0 Å². The zero-order valence-corrected chi connectivity index (χ0v) is 16.8. The standard InChI is InChI=1S/C23H28N2O4/c1-2-28-21-9-4-3-7-17(21)12-14-24-13-6-5-8-20(26)18-10-11-22-19(15-18)25-23(27)16-29-22/h3-4,7,9-11,15,24H,2,5-6,8,12-14,16H2,1H3,(H,25,27). The minimum Gasteiger partial charge on any atom is -0.494 e. The first-order chi connectivity index (χ1) is 14.2. The maximum absolute atomic E-state index is 12.4. The SMILES string of the molecule is CCOc1ccccc1CCNCCCCC(=O)c1ccc2c(c1)NC(=O)CO2. The van der Waals surface area contributed by atoms with Gasteiger partial charge in [0.1, 0.15) is 11.5 Å². The second kappa shape index (κ2) is 10.6. The number of ether oxygens (including phenoxy) is 2. The number of fused-ring (bicyclic) bond motifs is 1. The largest absolute Gasteiger partial charge is 0.494 e. The molecule has 0 radical (unpaired) electrons. The molecule has 1 heterocycles. The Labute approximate surface area is 171 Å². The van der Waals surface area contributed by atoms with Gasteiger partial charge in [0, 0.05) is 12.0 Å². The maximum Gasteiger partial charge on any atom is 0.262 e. The van der Waals surface area contributed by atoms with E-state index in [-0.39, 0.29) is 18.3 Å². The van der Waals surface area contributed by atoms with E-state index in [9.17, 15) is 9.59 Å². The summed E-state index contributed by atoms with van der Waals surface area (Å²) in [5.41, 5.74) is 2.39. The van der Waals surface area contributed by atoms with Crippen molar-refractivity contribution in [3.8, 4) is 11.5 Å². The number of anilines is 1. The molecule has 0 atom stereocenters. The van der Waals surface area contributed by atoms with Crippen LogP contribution in [0.3, 0.4) is 0 Å². The lowest BCUT2D eigenvalue weighted by Crippen LogP contribution is -2.25. The second-order valence-corrected chi connectivity index (χ2v) is 6.97. The number of carbonyl (C=O) groups is 2. The number of hydrogen-bond acceptors (Lipinski definition) is 5. The van der Waals surface area contributed by atoms with Crippen LogP contribution in [-0.4, -0.2) is 38.0 Å². The first-order valence-corrected chi connectivity index (χ1v) is 10.2. The van der Waals surface area contributed by atoms with Gasteiger partial charge in [0.15, 0.2) is 12.4 Å². The van der Waals surface area contributed by atoms with E-state index in [1.807, 2.05) is 25.1 Å². The van der Waals surface area contributed by atoms with Gasteiger partial charge in [-0.15, -0.1) is 0 Å². The molecule has 154 valence electrons. The van der Waals surface area contributed by atoms with E-state index in [0.717, 1.165) is 38.1 Å². The number of carbonyl (C=O) groups excluding carboxylic acids is 2. The molecule has 0 bridgehead atoms. The summed E-state index contributed by atoms with van der Waals surface area (Å²) in [6.45, 7) is 4.43. The predicted octanol–water partition coefficient (Wildman–Crippen LogP) is 3.60. The van der Waals surface area contributed by atoms with Gasteiger partial charge in [-0.2, -0.15) is 0 Å². The van der Waals surface area contributed by atoms with Gasteiger partial charge in [0.05, 0.1) is 12.3 Å². The third-order valence-corrected chi connectivity index (χ3v) is 4.79. The highest BCUT2D eigenvalue weighted by Crippen LogP contribution is 2.29. The Morgan fingerprint density at radius 2 is 2.03 bits per heavy atom. The van der Waals surface area contributed by atoms with Crippen molar-refractivity contribution in [3.63, 3.8) is 0 Å². The number of amides is 1. The Morgan fingerprint density at radius 1 is 1.17 bits per heavy atom. The summed E-state index contributed by atoms with van der Waals surface area (Å²) in [5, 5.41) is 6.17. The topological polar surface area (TPSA) is 76.7 Å². The Bertz CT molecular complexity index is 851. The first kappa shape index (κ1) is 20.9. The Morgan fingerprint density at radius 3 is 2.90 bits per heavy atom. The van der Waals surface area contributed by atoms with Crippen molar-refractivity contribution in [3.05, 3.63) is 53.6 Å². The summed E-state index contributed by atoms with van der Waals surface area (Å²) in [6.07, 6.45) is 3.16. The maximum atomic E-state index is 12.4. The third kappa shape index (κ3) is 6.06. The fraction of sp³-hybridized carbons (Fsp3) is 0.391. The van der Waals surface area contributed by atoms with E-state index in [2.05, 4.69) is 16.7 Å². The van der Waals surface area contributed by atoms with Crippen LogP contribution in [0.2, 0.25) is 0 Å². The smallest absolute Gasteiger partial charge is 0.262 e. The highest BCUT2D eigenvalue weighted by atomic mass is 16.5. The second-order valence-electron chi connectivity index (χ2n) is 6.97. The molecular weight excluding hydrogens is 368 g/mol. The van der Waals surface area contributed by atoms with Gasteiger partial charge in [0.25, 0.3) is 5.91 Å². The van der Waals surface area contributed by atoms with Crippen LogP contribution in [0.1, 0.15) is 42.1 Å². The molecule has 0 saturated carbocycles. The molecule has 1 aliphatic rings. The molecule has 2 N–H and O–H groups in total. The Balaban J connectivity index is 1.34. The molecule has 0 saturated heterocycles. The number of benzene rings is 2. The van der Waals surface area contributed by atoms with Crippen LogP contribution in [0.15, 0.2) is 42.5 Å². The Hall–Kier alpha value is -2.86. The van der Waals surface area contributed by atoms with Gasteiger partial charge < -0.3 is 20.1 Å². The normalized spacial score (nSPS) is 12.7. The summed E-state index contributed by atoms with van der Waals surface area (Å²) in [7, 11) is 0. The average molecular weight is 396 g/mol. The van der Waals surface area contributed by atoms with E-state index < -0.39 is 0 Å². The van der Waals surface area contributed by atoms with Gasteiger partial charge in [-0.25, -0.2) is 0 Å². The molecule has 1 aliphatic heterocycles. The van der Waals surface area contributed by atoms with Crippen LogP contribution in [0.5, 0.6) is 11.5 Å². The van der Waals surface area contributed by atoms with E-state index in [4.69, 9.17) is 9.47 Å². The van der Waals surface area contributed by atoms with Gasteiger partial charge in [-0.1, -0.05) is 18.2 Å². The van der Waals surface area contributed by atoms with Crippen molar-refractivity contribution >= 4 is 17.4 Å². The molecular formula is C23H28N2O4. The first-order valence-electron chi connectivity index (χ1n) is 10.2. The van der Waals surface area contributed by atoms with Crippen molar-refractivity contribution in [2.45, 2.75) is 32.6 Å². The van der Waals surface area contributed by atoms with Crippen molar-refractivity contribution in [1.29, 1.82) is 0 Å². The van der Waals surface area contributed by atoms with E-state index in [1.54, 1.807) is 18.2 Å². The minimum absolute atomic E-state index is 0.0184. The fourth-order valence-corrected chi connectivity index (χ4v) is 3.29. The fourth-order valence-electron chi connectivity index (χ4n) is 3.29. The highest BCUT2D eigenvalue weighted by Gasteiger charge is 2.17. The van der Waals surface area contributed by atoms with Crippen LogP contribution >= 0.6 is 0 Å². The summed E-state index contributed by atoms with van der Waals surface area (Å²) in [6, 6.07) is 13.3. The molecule has 0 fully saturated rings. The van der Waals surface area contributed by atoms with E-state index >= 15 is 0 Å². The molecule has 2 aromatic carbocycles. The van der Waals surface area contributed by atoms with Crippen LogP contribution in [-0.2, 0) is 11.2 Å². The molecule has 0 aliphatic carbocycles. The van der Waals surface area contributed by atoms with Crippen LogP contribution in [0, 0.1) is 0 Å². The number of rotatable bonds is 11. The Kier molecular flexibility index (Phi) is 7.64. The molecule has 1 amide bonds. The van der Waals surface area contributed by atoms with Crippen molar-refractivity contribution < 1.29 is 19.1 Å².